The smallest absolute Gasteiger partial charge is 0.282 e. The quantitative estimate of drug-likeness (QED) is 0.436. The molecule has 0 aliphatic heterocycles. The first-order valence-electron chi connectivity index (χ1n) is 12.9. The van der Waals surface area contributed by atoms with Crippen LogP contribution < -0.4 is 11.1 Å². The lowest BCUT2D eigenvalue weighted by atomic mass is 9.48. The zero-order valence-corrected chi connectivity index (χ0v) is 20.4. The van der Waals surface area contributed by atoms with Gasteiger partial charge >= 0.3 is 0 Å². The Kier molecular flexibility index (Phi) is 4.72. The number of nitrogens with one attached hydrogen (secondary N) is 1. The second-order valence-corrected chi connectivity index (χ2v) is 11.1. The van der Waals surface area contributed by atoms with Gasteiger partial charge in [0.05, 0.1) is 34.1 Å². The topological polar surface area (TPSA) is 85.0 Å². The third-order valence-electron chi connectivity index (χ3n) is 8.73. The van der Waals surface area contributed by atoms with Crippen LogP contribution in [-0.2, 0) is 5.41 Å². The number of aryl methyl sites for hydroxylation is 1. The molecule has 0 amide bonds. The highest BCUT2D eigenvalue weighted by atomic mass is 16.1. The van der Waals surface area contributed by atoms with Crippen molar-refractivity contribution in [1.82, 2.24) is 19.4 Å². The highest BCUT2D eigenvalue weighted by Gasteiger charge is 2.53. The van der Waals surface area contributed by atoms with Gasteiger partial charge in [-0.15, -0.1) is 0 Å². The first-order chi connectivity index (χ1) is 17.5. The Balaban J connectivity index is 1.40. The molecule has 4 aromatic rings. The third-order valence-corrected chi connectivity index (χ3v) is 8.73. The van der Waals surface area contributed by atoms with Crippen molar-refractivity contribution in [3.8, 4) is 5.69 Å². The SMILES string of the molecule is Cc1nc2ccccc2c(=O)n1/N=C/c1c(C23CC4CC(CC(C4)C2)C3)[nH]n(-c2ccccc2)c1=O. The first kappa shape index (κ1) is 21.5. The van der Waals surface area contributed by atoms with Crippen molar-refractivity contribution in [2.45, 2.75) is 50.9 Å². The van der Waals surface area contributed by atoms with Crippen LogP contribution in [0, 0.1) is 24.7 Å². The van der Waals surface area contributed by atoms with Gasteiger partial charge in [-0.2, -0.15) is 9.78 Å². The van der Waals surface area contributed by atoms with Crippen LogP contribution in [0.4, 0.5) is 0 Å². The summed E-state index contributed by atoms with van der Waals surface area (Å²) in [4.78, 5) is 31.6. The van der Waals surface area contributed by atoms with E-state index in [0.717, 1.165) is 48.4 Å². The number of benzene rings is 2. The fourth-order valence-corrected chi connectivity index (χ4v) is 7.64. The Morgan fingerprint density at radius 1 is 0.917 bits per heavy atom. The summed E-state index contributed by atoms with van der Waals surface area (Å²) >= 11 is 0. The van der Waals surface area contributed by atoms with E-state index >= 15 is 0 Å². The average molecular weight is 480 g/mol. The molecule has 2 aromatic heterocycles. The van der Waals surface area contributed by atoms with Crippen LogP contribution >= 0.6 is 0 Å². The van der Waals surface area contributed by atoms with Crippen LogP contribution in [0.5, 0.6) is 0 Å². The van der Waals surface area contributed by atoms with E-state index in [9.17, 15) is 9.59 Å². The van der Waals surface area contributed by atoms with E-state index in [2.05, 4.69) is 15.2 Å². The van der Waals surface area contributed by atoms with Crippen molar-refractivity contribution in [3.63, 3.8) is 0 Å². The first-order valence-corrected chi connectivity index (χ1v) is 12.9. The Labute approximate surface area is 208 Å². The lowest BCUT2D eigenvalue weighted by Crippen LogP contribution is -2.49. The standard InChI is InChI=1S/C29H29N5O2/c1-18-31-25-10-6-5-9-23(25)27(35)33(18)30-17-24-26(32-34(28(24)36)22-7-3-2-4-8-22)29-14-19-11-20(15-29)13-21(12-19)16-29/h2-10,17,19-21,32H,11-16H2,1H3/b30-17+. The number of aromatic amines is 1. The van der Waals surface area contributed by atoms with Crippen LogP contribution in [0.1, 0.15) is 55.6 Å². The van der Waals surface area contributed by atoms with E-state index in [1.165, 1.54) is 23.9 Å². The predicted molar refractivity (Wildman–Crippen MR) is 140 cm³/mol. The molecule has 7 heteroatoms. The molecule has 0 saturated heterocycles. The maximum atomic E-state index is 13.8. The van der Waals surface area contributed by atoms with Gasteiger partial charge < -0.3 is 0 Å². The van der Waals surface area contributed by atoms with Gasteiger partial charge in [0, 0.05) is 5.41 Å². The van der Waals surface area contributed by atoms with Gasteiger partial charge in [-0.25, -0.2) is 9.67 Å². The summed E-state index contributed by atoms with van der Waals surface area (Å²) in [5.74, 6) is 2.70. The molecule has 0 atom stereocenters. The van der Waals surface area contributed by atoms with E-state index < -0.39 is 0 Å². The summed E-state index contributed by atoms with van der Waals surface area (Å²) in [7, 11) is 0. The van der Waals surface area contributed by atoms with Crippen LogP contribution in [-0.4, -0.2) is 25.7 Å². The monoisotopic (exact) mass is 479 g/mol. The highest BCUT2D eigenvalue weighted by molar-refractivity contribution is 5.82. The van der Waals surface area contributed by atoms with Crippen molar-refractivity contribution in [2.75, 3.05) is 0 Å². The summed E-state index contributed by atoms with van der Waals surface area (Å²) in [6.45, 7) is 1.77. The minimum atomic E-state index is -0.232. The minimum Gasteiger partial charge on any atom is -0.294 e. The van der Waals surface area contributed by atoms with Crippen LogP contribution in [0.15, 0.2) is 69.3 Å². The summed E-state index contributed by atoms with van der Waals surface area (Å²) in [5.41, 5.74) is 2.60. The molecular weight excluding hydrogens is 450 g/mol. The molecule has 4 aliphatic rings. The van der Waals surface area contributed by atoms with Crippen molar-refractivity contribution in [1.29, 1.82) is 0 Å². The zero-order valence-electron chi connectivity index (χ0n) is 20.4. The molecule has 0 radical (unpaired) electrons. The molecule has 36 heavy (non-hydrogen) atoms. The fourth-order valence-electron chi connectivity index (χ4n) is 7.64. The van der Waals surface area contributed by atoms with Crippen LogP contribution in [0.3, 0.4) is 0 Å². The van der Waals surface area contributed by atoms with E-state index in [0.29, 0.717) is 22.3 Å². The predicted octanol–water partition coefficient (Wildman–Crippen LogP) is 4.53. The van der Waals surface area contributed by atoms with Crippen molar-refractivity contribution in [2.24, 2.45) is 22.9 Å². The maximum absolute atomic E-state index is 13.8. The molecular formula is C29H29N5O2. The van der Waals surface area contributed by atoms with Gasteiger partial charge in [0.2, 0.25) is 0 Å². The summed E-state index contributed by atoms with van der Waals surface area (Å²) in [6.07, 6.45) is 8.91. The molecule has 4 saturated carbocycles. The summed E-state index contributed by atoms with van der Waals surface area (Å²) in [5, 5.41) is 8.60. The van der Waals surface area contributed by atoms with Gasteiger partial charge in [-0.1, -0.05) is 30.3 Å². The molecule has 4 fully saturated rings. The summed E-state index contributed by atoms with van der Waals surface area (Å²) < 4.78 is 2.95. The number of aromatic nitrogens is 4. The molecule has 4 bridgehead atoms. The van der Waals surface area contributed by atoms with Gasteiger partial charge in [-0.05, 0) is 87.5 Å². The fraction of sp³-hybridized carbons (Fsp3) is 0.379. The minimum absolute atomic E-state index is 0.0308. The van der Waals surface area contributed by atoms with E-state index in [4.69, 9.17) is 0 Å². The highest BCUT2D eigenvalue weighted by Crippen LogP contribution is 2.60. The van der Waals surface area contributed by atoms with E-state index in [1.807, 2.05) is 48.5 Å². The van der Waals surface area contributed by atoms with Crippen molar-refractivity contribution >= 4 is 17.1 Å². The molecule has 0 spiro atoms. The number of H-pyrrole nitrogens is 1. The largest absolute Gasteiger partial charge is 0.294 e. The number of rotatable bonds is 4. The zero-order chi connectivity index (χ0) is 24.4. The van der Waals surface area contributed by atoms with Gasteiger partial charge in [-0.3, -0.25) is 14.7 Å². The number of nitrogens with zero attached hydrogens (tertiary/aromatic N) is 4. The average Bonchev–Trinajstić information content (AvgIpc) is 3.20. The maximum Gasteiger partial charge on any atom is 0.282 e. The third kappa shape index (κ3) is 3.25. The Hall–Kier alpha value is -3.74. The van der Waals surface area contributed by atoms with Crippen molar-refractivity contribution < 1.29 is 0 Å². The number of hydrogen-bond donors (Lipinski definition) is 1. The normalized spacial score (nSPS) is 26.9. The van der Waals surface area contributed by atoms with Crippen LogP contribution in [0.2, 0.25) is 0 Å². The molecule has 2 aromatic carbocycles. The molecule has 2 heterocycles. The molecule has 1 N–H and O–H groups in total. The number of hydrogen-bond acceptors (Lipinski definition) is 4. The number of fused-ring (bicyclic) bond motifs is 1. The Morgan fingerprint density at radius 2 is 1.56 bits per heavy atom. The number of para-hydroxylation sites is 2. The van der Waals surface area contributed by atoms with E-state index in [1.54, 1.807) is 23.9 Å². The second-order valence-electron chi connectivity index (χ2n) is 11.1. The summed E-state index contributed by atoms with van der Waals surface area (Å²) in [6, 6.07) is 17.0. The molecule has 4 aliphatic carbocycles. The molecule has 8 rings (SSSR count). The van der Waals surface area contributed by atoms with Gasteiger partial charge in [0.15, 0.2) is 0 Å². The van der Waals surface area contributed by atoms with Crippen LogP contribution in [0.25, 0.3) is 16.6 Å². The lowest BCUT2D eigenvalue weighted by Gasteiger charge is -2.56. The van der Waals surface area contributed by atoms with Gasteiger partial charge in [0.1, 0.15) is 5.82 Å². The lowest BCUT2D eigenvalue weighted by molar-refractivity contribution is -0.00740. The Morgan fingerprint density at radius 3 is 2.25 bits per heavy atom. The Bertz CT molecular complexity index is 1590. The molecule has 7 nitrogen and oxygen atoms in total. The van der Waals surface area contributed by atoms with E-state index in [-0.39, 0.29) is 16.5 Å². The molecule has 0 unspecified atom stereocenters. The van der Waals surface area contributed by atoms with Gasteiger partial charge in [0.25, 0.3) is 11.1 Å². The second kappa shape index (κ2) is 7.88. The van der Waals surface area contributed by atoms with Crippen molar-refractivity contribution in [3.05, 3.63) is 92.4 Å². The molecule has 182 valence electrons.